The van der Waals surface area contributed by atoms with Crippen molar-refractivity contribution in [1.82, 2.24) is 0 Å². The minimum atomic E-state index is -0.803. The van der Waals surface area contributed by atoms with Crippen LogP contribution in [0.15, 0.2) is 0 Å². The van der Waals surface area contributed by atoms with Crippen molar-refractivity contribution in [3.63, 3.8) is 0 Å². The molecule has 0 amide bonds. The third-order valence-corrected chi connectivity index (χ3v) is 7.62. The molecule has 1 N–H and O–H groups in total. The molecular weight excluding hydrogens is 328 g/mol. The molecule has 0 heterocycles. The van der Waals surface area contributed by atoms with E-state index in [2.05, 4.69) is 6.92 Å². The van der Waals surface area contributed by atoms with Gasteiger partial charge < -0.3 is 5.11 Å². The topological polar surface area (TPSA) is 37.3 Å². The van der Waals surface area contributed by atoms with E-state index in [1.807, 2.05) is 0 Å². The highest BCUT2D eigenvalue weighted by molar-refractivity contribution is 7.85. The van der Waals surface area contributed by atoms with Gasteiger partial charge >= 0.3 is 0 Å². The summed E-state index contributed by atoms with van der Waals surface area (Å²) in [4.78, 5) is 0. The molecule has 1 aliphatic rings. The number of hydrogen-bond acceptors (Lipinski definition) is 2. The highest BCUT2D eigenvalue weighted by Gasteiger charge is 2.27. The highest BCUT2D eigenvalue weighted by Crippen LogP contribution is 2.23. The van der Waals surface area contributed by atoms with E-state index in [1.165, 1.54) is 83.5 Å². The summed E-state index contributed by atoms with van der Waals surface area (Å²) in [5, 5.41) is 10.0. The molecule has 2 nitrogen and oxygen atoms in total. The summed E-state index contributed by atoms with van der Waals surface area (Å²) in [5.74, 6) is 0.805. The van der Waals surface area contributed by atoms with Gasteiger partial charge in [0.25, 0.3) is 0 Å². The first kappa shape index (κ1) is 23.1. The fourth-order valence-electron chi connectivity index (χ4n) is 3.97. The molecule has 0 radical (unpaired) electrons. The van der Waals surface area contributed by atoms with E-state index >= 15 is 0 Å². The first-order valence-corrected chi connectivity index (χ1v) is 12.7. The summed E-state index contributed by atoms with van der Waals surface area (Å²) >= 11 is 0. The van der Waals surface area contributed by atoms with Crippen LogP contribution < -0.4 is 0 Å². The Morgan fingerprint density at radius 1 is 0.720 bits per heavy atom. The maximum Gasteiger partial charge on any atom is 0.0683 e. The van der Waals surface area contributed by atoms with Crippen molar-refractivity contribution in [2.45, 2.75) is 134 Å². The summed E-state index contributed by atoms with van der Waals surface area (Å²) in [6.45, 7) is 2.28. The van der Waals surface area contributed by atoms with Crippen LogP contribution in [-0.4, -0.2) is 26.4 Å². The summed E-state index contributed by atoms with van der Waals surface area (Å²) in [7, 11) is -0.803. The Morgan fingerprint density at radius 3 is 1.64 bits per heavy atom. The SMILES string of the molecule is CCCCCCCCCCCCCCCC[S@@](=O)[C@@H]1CCCC[C@H]1O. The number of aliphatic hydroxyl groups is 1. The van der Waals surface area contributed by atoms with E-state index in [9.17, 15) is 9.32 Å². The van der Waals surface area contributed by atoms with Crippen LogP contribution in [-0.2, 0) is 10.8 Å². The Morgan fingerprint density at radius 2 is 1.16 bits per heavy atom. The number of rotatable bonds is 16. The molecule has 0 unspecified atom stereocenters. The maximum atomic E-state index is 12.3. The Kier molecular flexibility index (Phi) is 15.1. The summed E-state index contributed by atoms with van der Waals surface area (Å²) in [6, 6.07) is 0. The van der Waals surface area contributed by atoms with Gasteiger partial charge in [-0.3, -0.25) is 4.21 Å². The van der Waals surface area contributed by atoms with E-state index in [0.717, 1.165) is 37.9 Å². The second-order valence-corrected chi connectivity index (χ2v) is 9.85. The lowest BCUT2D eigenvalue weighted by molar-refractivity contribution is 0.135. The summed E-state index contributed by atoms with van der Waals surface area (Å²) in [6.07, 6.45) is 22.8. The lowest BCUT2D eigenvalue weighted by atomic mass is 9.97. The van der Waals surface area contributed by atoms with Gasteiger partial charge in [-0.25, -0.2) is 0 Å². The molecule has 0 aromatic heterocycles. The molecular formula is C22H44O2S. The third-order valence-electron chi connectivity index (χ3n) is 5.70. The fourth-order valence-corrected chi connectivity index (χ4v) is 5.68. The van der Waals surface area contributed by atoms with Crippen molar-refractivity contribution < 1.29 is 9.32 Å². The normalized spacial score (nSPS) is 22.2. The van der Waals surface area contributed by atoms with Gasteiger partial charge in [-0.1, -0.05) is 103 Å². The van der Waals surface area contributed by atoms with Crippen LogP contribution in [0.2, 0.25) is 0 Å². The molecule has 1 aliphatic carbocycles. The Balaban J connectivity index is 1.80. The Hall–Kier alpha value is 0.110. The predicted octanol–water partition coefficient (Wildman–Crippen LogP) is 6.52. The average Bonchev–Trinajstić information content (AvgIpc) is 2.62. The van der Waals surface area contributed by atoms with E-state index in [0.29, 0.717) is 0 Å². The maximum absolute atomic E-state index is 12.3. The van der Waals surface area contributed by atoms with Crippen molar-refractivity contribution in [3.8, 4) is 0 Å². The summed E-state index contributed by atoms with van der Waals surface area (Å²) in [5.41, 5.74) is 0. The van der Waals surface area contributed by atoms with E-state index in [-0.39, 0.29) is 11.4 Å². The van der Waals surface area contributed by atoms with Crippen LogP contribution in [0.4, 0.5) is 0 Å². The largest absolute Gasteiger partial charge is 0.392 e. The van der Waals surface area contributed by atoms with E-state index < -0.39 is 10.8 Å². The number of hydrogen-bond donors (Lipinski definition) is 1. The van der Waals surface area contributed by atoms with Gasteiger partial charge in [-0.15, -0.1) is 0 Å². The Labute approximate surface area is 160 Å². The second-order valence-electron chi connectivity index (χ2n) is 8.07. The Bertz CT molecular complexity index is 319. The molecule has 0 bridgehead atoms. The molecule has 1 fully saturated rings. The molecule has 0 spiro atoms. The minimum Gasteiger partial charge on any atom is -0.392 e. The summed E-state index contributed by atoms with van der Waals surface area (Å²) < 4.78 is 12.3. The first-order chi connectivity index (χ1) is 12.3. The molecule has 0 aromatic rings. The standard InChI is InChI=1S/C22H44O2S/c1-2-3-4-5-6-7-8-9-10-11-12-13-14-17-20-25(24)22-19-16-15-18-21(22)23/h21-23H,2-20H2,1H3/t21-,22-,25-/m1/s1. The number of aliphatic hydroxyl groups excluding tert-OH is 1. The molecule has 0 aliphatic heterocycles. The van der Waals surface area contributed by atoms with Crippen LogP contribution in [0, 0.1) is 0 Å². The van der Waals surface area contributed by atoms with E-state index in [1.54, 1.807) is 0 Å². The van der Waals surface area contributed by atoms with E-state index in [4.69, 9.17) is 0 Å². The first-order valence-electron chi connectivity index (χ1n) is 11.3. The molecule has 25 heavy (non-hydrogen) atoms. The van der Waals surface area contributed by atoms with Crippen LogP contribution in [0.3, 0.4) is 0 Å². The average molecular weight is 373 g/mol. The smallest absolute Gasteiger partial charge is 0.0683 e. The zero-order valence-corrected chi connectivity index (χ0v) is 17.7. The fraction of sp³-hybridized carbons (Fsp3) is 1.00. The van der Waals surface area contributed by atoms with Gasteiger partial charge in [0, 0.05) is 16.6 Å². The highest BCUT2D eigenvalue weighted by atomic mass is 32.2. The van der Waals surface area contributed by atoms with Gasteiger partial charge in [-0.05, 0) is 19.3 Å². The molecule has 150 valence electrons. The zero-order valence-electron chi connectivity index (χ0n) is 16.9. The van der Waals surface area contributed by atoms with Crippen molar-refractivity contribution in [2.75, 3.05) is 5.75 Å². The molecule has 1 saturated carbocycles. The van der Waals surface area contributed by atoms with Gasteiger partial charge in [0.05, 0.1) is 11.4 Å². The second kappa shape index (κ2) is 16.3. The molecule has 0 saturated heterocycles. The van der Waals surface area contributed by atoms with Crippen LogP contribution in [0.1, 0.15) is 122 Å². The predicted molar refractivity (Wildman–Crippen MR) is 112 cm³/mol. The molecule has 3 atom stereocenters. The minimum absolute atomic E-state index is 0.0655. The molecule has 1 rings (SSSR count). The monoisotopic (exact) mass is 372 g/mol. The van der Waals surface area contributed by atoms with Crippen LogP contribution in [0.25, 0.3) is 0 Å². The van der Waals surface area contributed by atoms with Gasteiger partial charge in [0.1, 0.15) is 0 Å². The van der Waals surface area contributed by atoms with Crippen molar-refractivity contribution in [3.05, 3.63) is 0 Å². The molecule has 0 aromatic carbocycles. The lowest BCUT2D eigenvalue weighted by Crippen LogP contribution is -2.34. The van der Waals surface area contributed by atoms with Crippen LogP contribution >= 0.6 is 0 Å². The quantitative estimate of drug-likeness (QED) is 0.313. The van der Waals surface area contributed by atoms with Crippen LogP contribution in [0.5, 0.6) is 0 Å². The van der Waals surface area contributed by atoms with Crippen molar-refractivity contribution >= 4 is 10.8 Å². The van der Waals surface area contributed by atoms with Gasteiger partial charge in [0.15, 0.2) is 0 Å². The molecule has 3 heteroatoms. The van der Waals surface area contributed by atoms with Crippen molar-refractivity contribution in [1.29, 1.82) is 0 Å². The van der Waals surface area contributed by atoms with Crippen molar-refractivity contribution in [2.24, 2.45) is 0 Å². The number of unbranched alkanes of at least 4 members (excludes halogenated alkanes) is 13. The lowest BCUT2D eigenvalue weighted by Gasteiger charge is -2.26. The zero-order chi connectivity index (χ0) is 18.2. The third kappa shape index (κ3) is 12.2. The van der Waals surface area contributed by atoms with Gasteiger partial charge in [-0.2, -0.15) is 0 Å². The van der Waals surface area contributed by atoms with Gasteiger partial charge in [0.2, 0.25) is 0 Å².